The molecule has 0 saturated heterocycles. The number of aryl methyl sites for hydroxylation is 1. The Labute approximate surface area is 167 Å². The molecule has 0 radical (unpaired) electrons. The molecule has 0 atom stereocenters. The van der Waals surface area contributed by atoms with Crippen LogP contribution in [0.5, 0.6) is 17.2 Å². The highest BCUT2D eigenvalue weighted by Gasteiger charge is 2.11. The lowest BCUT2D eigenvalue weighted by atomic mass is 10.2. The van der Waals surface area contributed by atoms with Gasteiger partial charge in [0, 0.05) is 12.1 Å². The third-order valence-electron chi connectivity index (χ3n) is 4.02. The molecule has 0 amide bonds. The van der Waals surface area contributed by atoms with Crippen molar-refractivity contribution in [3.05, 3.63) is 94.0 Å². The Balaban J connectivity index is 1.48. The Morgan fingerprint density at radius 1 is 0.931 bits per heavy atom. The van der Waals surface area contributed by atoms with Crippen molar-refractivity contribution >= 4 is 11.7 Å². The molecule has 0 bridgehead atoms. The average molecular weight is 393 g/mol. The number of carbonyl (C=O) groups is 1. The maximum atomic E-state index is 12.0. The highest BCUT2D eigenvalue weighted by molar-refractivity contribution is 5.74. The Hall–Kier alpha value is -3.87. The van der Waals surface area contributed by atoms with Crippen molar-refractivity contribution in [3.63, 3.8) is 0 Å². The van der Waals surface area contributed by atoms with Crippen LogP contribution in [0.4, 0.5) is 5.69 Å². The van der Waals surface area contributed by atoms with Crippen LogP contribution in [-0.2, 0) is 11.4 Å². The normalized spacial score (nSPS) is 10.2. The molecule has 0 aliphatic rings. The zero-order valence-corrected chi connectivity index (χ0v) is 15.7. The van der Waals surface area contributed by atoms with E-state index in [4.69, 9.17) is 14.2 Å². The lowest BCUT2D eigenvalue weighted by Gasteiger charge is -2.10. The number of carbonyl (C=O) groups excluding carboxylic acids is 1. The summed E-state index contributed by atoms with van der Waals surface area (Å²) < 4.78 is 16.3. The van der Waals surface area contributed by atoms with Gasteiger partial charge < -0.3 is 14.2 Å². The molecular weight excluding hydrogens is 374 g/mol. The number of nitrogens with zero attached hydrogens (tertiary/aromatic N) is 1. The van der Waals surface area contributed by atoms with E-state index in [1.54, 1.807) is 31.2 Å². The highest BCUT2D eigenvalue weighted by Crippen LogP contribution is 2.23. The second kappa shape index (κ2) is 9.36. The van der Waals surface area contributed by atoms with Crippen LogP contribution in [0.2, 0.25) is 0 Å². The van der Waals surface area contributed by atoms with Gasteiger partial charge in [0.2, 0.25) is 0 Å². The summed E-state index contributed by atoms with van der Waals surface area (Å²) in [5.41, 5.74) is 1.58. The van der Waals surface area contributed by atoms with Gasteiger partial charge in [-0.15, -0.1) is 0 Å². The lowest BCUT2D eigenvalue weighted by Crippen LogP contribution is -2.18. The van der Waals surface area contributed by atoms with Crippen LogP contribution in [0.25, 0.3) is 0 Å². The van der Waals surface area contributed by atoms with Crippen molar-refractivity contribution < 1.29 is 23.9 Å². The van der Waals surface area contributed by atoms with Crippen LogP contribution in [-0.4, -0.2) is 17.5 Å². The molecule has 29 heavy (non-hydrogen) atoms. The quantitative estimate of drug-likeness (QED) is 0.243. The van der Waals surface area contributed by atoms with Gasteiger partial charge in [-0.3, -0.25) is 10.1 Å². The van der Waals surface area contributed by atoms with E-state index in [0.717, 1.165) is 5.56 Å². The number of non-ortho nitro benzene ring substituents is 1. The zero-order valence-electron chi connectivity index (χ0n) is 15.7. The SMILES string of the molecule is Cc1cc([N+](=O)[O-])ccc1OCC(=O)Oc1ccc(OCc2ccccc2)cc1. The molecule has 0 heterocycles. The maximum Gasteiger partial charge on any atom is 0.349 e. The molecule has 3 aromatic rings. The summed E-state index contributed by atoms with van der Waals surface area (Å²) in [6.07, 6.45) is 0. The monoisotopic (exact) mass is 393 g/mol. The zero-order chi connectivity index (χ0) is 20.6. The lowest BCUT2D eigenvalue weighted by molar-refractivity contribution is -0.384. The first-order valence-corrected chi connectivity index (χ1v) is 8.86. The third kappa shape index (κ3) is 5.80. The average Bonchev–Trinajstić information content (AvgIpc) is 2.73. The Morgan fingerprint density at radius 3 is 2.28 bits per heavy atom. The first-order chi connectivity index (χ1) is 14.0. The molecule has 0 unspecified atom stereocenters. The van der Waals surface area contributed by atoms with E-state index in [0.29, 0.717) is 29.4 Å². The van der Waals surface area contributed by atoms with Crippen LogP contribution >= 0.6 is 0 Å². The van der Waals surface area contributed by atoms with Gasteiger partial charge in [0.25, 0.3) is 5.69 Å². The highest BCUT2D eigenvalue weighted by atomic mass is 16.6. The summed E-state index contributed by atoms with van der Waals surface area (Å²) >= 11 is 0. The van der Waals surface area contributed by atoms with E-state index in [-0.39, 0.29) is 12.3 Å². The van der Waals surface area contributed by atoms with Crippen LogP contribution in [0.15, 0.2) is 72.8 Å². The summed E-state index contributed by atoms with van der Waals surface area (Å²) in [4.78, 5) is 22.2. The number of rotatable bonds is 8. The minimum absolute atomic E-state index is 0.0352. The molecule has 0 aliphatic heterocycles. The number of nitro benzene ring substituents is 1. The summed E-state index contributed by atoms with van der Waals surface area (Å²) in [6, 6.07) is 20.6. The topological polar surface area (TPSA) is 87.9 Å². The molecule has 0 spiro atoms. The number of hydrogen-bond acceptors (Lipinski definition) is 6. The van der Waals surface area contributed by atoms with Gasteiger partial charge in [0.1, 0.15) is 23.9 Å². The Kier molecular flexibility index (Phi) is 6.42. The Bertz CT molecular complexity index is 986. The fourth-order valence-electron chi connectivity index (χ4n) is 2.55. The van der Waals surface area contributed by atoms with Crippen molar-refractivity contribution in [2.24, 2.45) is 0 Å². The van der Waals surface area contributed by atoms with E-state index in [1.807, 2.05) is 30.3 Å². The summed E-state index contributed by atoms with van der Waals surface area (Å²) in [5, 5.41) is 10.8. The standard InChI is InChI=1S/C22H19NO6/c1-16-13-18(23(25)26)7-12-21(16)28-15-22(24)29-20-10-8-19(9-11-20)27-14-17-5-3-2-4-6-17/h2-13H,14-15H2,1H3. The Morgan fingerprint density at radius 2 is 1.62 bits per heavy atom. The molecule has 7 nitrogen and oxygen atoms in total. The van der Waals surface area contributed by atoms with Gasteiger partial charge in [-0.2, -0.15) is 0 Å². The predicted molar refractivity (Wildman–Crippen MR) is 106 cm³/mol. The van der Waals surface area contributed by atoms with E-state index >= 15 is 0 Å². The first kappa shape index (κ1) is 19.9. The second-order valence-electron chi connectivity index (χ2n) is 6.22. The van der Waals surface area contributed by atoms with Gasteiger partial charge in [-0.1, -0.05) is 30.3 Å². The third-order valence-corrected chi connectivity index (χ3v) is 4.02. The molecule has 148 valence electrons. The molecule has 0 N–H and O–H groups in total. The number of esters is 1. The molecule has 0 aliphatic carbocycles. The van der Waals surface area contributed by atoms with Crippen LogP contribution in [0.1, 0.15) is 11.1 Å². The van der Waals surface area contributed by atoms with Gasteiger partial charge >= 0.3 is 5.97 Å². The molecule has 0 fully saturated rings. The molecule has 7 heteroatoms. The minimum atomic E-state index is -0.583. The molecule has 0 aromatic heterocycles. The van der Waals surface area contributed by atoms with Gasteiger partial charge in [0.05, 0.1) is 4.92 Å². The molecule has 3 rings (SSSR count). The van der Waals surface area contributed by atoms with E-state index in [9.17, 15) is 14.9 Å². The fourth-order valence-corrected chi connectivity index (χ4v) is 2.55. The van der Waals surface area contributed by atoms with E-state index in [1.165, 1.54) is 18.2 Å². The molecular formula is C22H19NO6. The second-order valence-corrected chi connectivity index (χ2v) is 6.22. The van der Waals surface area contributed by atoms with Gasteiger partial charge in [-0.25, -0.2) is 4.79 Å². The largest absolute Gasteiger partial charge is 0.489 e. The van der Waals surface area contributed by atoms with E-state index < -0.39 is 10.9 Å². The van der Waals surface area contributed by atoms with Crippen molar-refractivity contribution in [2.75, 3.05) is 6.61 Å². The smallest absolute Gasteiger partial charge is 0.349 e. The van der Waals surface area contributed by atoms with Crippen molar-refractivity contribution in [1.29, 1.82) is 0 Å². The van der Waals surface area contributed by atoms with Crippen LogP contribution in [0.3, 0.4) is 0 Å². The first-order valence-electron chi connectivity index (χ1n) is 8.86. The predicted octanol–water partition coefficient (Wildman–Crippen LogP) is 4.47. The van der Waals surface area contributed by atoms with Gasteiger partial charge in [-0.05, 0) is 48.4 Å². The number of ether oxygens (including phenoxy) is 3. The van der Waals surface area contributed by atoms with E-state index in [2.05, 4.69) is 0 Å². The summed E-state index contributed by atoms with van der Waals surface area (Å²) in [7, 11) is 0. The van der Waals surface area contributed by atoms with Crippen LogP contribution in [0, 0.1) is 17.0 Å². The van der Waals surface area contributed by atoms with Crippen molar-refractivity contribution in [1.82, 2.24) is 0 Å². The molecule has 0 saturated carbocycles. The summed E-state index contributed by atoms with van der Waals surface area (Å²) in [5.74, 6) is 0.829. The van der Waals surface area contributed by atoms with Crippen molar-refractivity contribution in [3.8, 4) is 17.2 Å². The number of hydrogen-bond donors (Lipinski definition) is 0. The van der Waals surface area contributed by atoms with Crippen LogP contribution < -0.4 is 14.2 Å². The maximum absolute atomic E-state index is 12.0. The fraction of sp³-hybridized carbons (Fsp3) is 0.136. The minimum Gasteiger partial charge on any atom is -0.489 e. The summed E-state index contributed by atoms with van der Waals surface area (Å²) in [6.45, 7) is 1.80. The van der Waals surface area contributed by atoms with Crippen molar-refractivity contribution in [2.45, 2.75) is 13.5 Å². The number of benzene rings is 3. The van der Waals surface area contributed by atoms with Gasteiger partial charge in [0.15, 0.2) is 6.61 Å². The number of nitro groups is 1. The molecule has 3 aromatic carbocycles.